The van der Waals surface area contributed by atoms with Gasteiger partial charge < -0.3 is 15.2 Å². The SMILES string of the molecule is CCn1c(SCC(=O)N2CCCCC2C(N)=O)nc2ccccc21. The molecular weight excluding hydrogens is 324 g/mol. The van der Waals surface area contributed by atoms with E-state index in [2.05, 4.69) is 16.5 Å². The molecule has 24 heavy (non-hydrogen) atoms. The van der Waals surface area contributed by atoms with Gasteiger partial charge in [-0.05, 0) is 38.3 Å². The highest BCUT2D eigenvalue weighted by Crippen LogP contribution is 2.25. The van der Waals surface area contributed by atoms with E-state index in [1.54, 1.807) is 4.90 Å². The fourth-order valence-corrected chi connectivity index (χ4v) is 4.17. The van der Waals surface area contributed by atoms with Gasteiger partial charge >= 0.3 is 0 Å². The average molecular weight is 346 g/mol. The van der Waals surface area contributed by atoms with Crippen molar-refractivity contribution in [2.24, 2.45) is 5.73 Å². The van der Waals surface area contributed by atoms with Crippen molar-refractivity contribution < 1.29 is 9.59 Å². The summed E-state index contributed by atoms with van der Waals surface area (Å²) >= 11 is 1.42. The molecule has 2 amide bonds. The van der Waals surface area contributed by atoms with Crippen molar-refractivity contribution in [1.82, 2.24) is 14.5 Å². The lowest BCUT2D eigenvalue weighted by Gasteiger charge is -2.33. The molecule has 1 saturated heterocycles. The van der Waals surface area contributed by atoms with Crippen LogP contribution in [0.15, 0.2) is 29.4 Å². The lowest BCUT2D eigenvalue weighted by molar-refractivity contribution is -0.138. The zero-order valence-electron chi connectivity index (χ0n) is 13.8. The monoisotopic (exact) mass is 346 g/mol. The van der Waals surface area contributed by atoms with Crippen LogP contribution in [0.1, 0.15) is 26.2 Å². The number of carbonyl (C=O) groups is 2. The van der Waals surface area contributed by atoms with Gasteiger partial charge in [-0.1, -0.05) is 23.9 Å². The van der Waals surface area contributed by atoms with Crippen LogP contribution in [0.3, 0.4) is 0 Å². The molecule has 2 aromatic rings. The summed E-state index contributed by atoms with van der Waals surface area (Å²) < 4.78 is 2.11. The first kappa shape index (κ1) is 16.8. The normalized spacial score (nSPS) is 18.0. The maximum atomic E-state index is 12.6. The third-order valence-electron chi connectivity index (χ3n) is 4.41. The molecule has 1 aliphatic rings. The van der Waals surface area contributed by atoms with Gasteiger partial charge in [0.15, 0.2) is 5.16 Å². The molecule has 2 heterocycles. The Morgan fingerprint density at radius 1 is 1.33 bits per heavy atom. The van der Waals surface area contributed by atoms with Gasteiger partial charge in [0.1, 0.15) is 6.04 Å². The number of piperidine rings is 1. The van der Waals surface area contributed by atoms with Crippen LogP contribution >= 0.6 is 11.8 Å². The second-order valence-corrected chi connectivity index (χ2v) is 6.86. The van der Waals surface area contributed by atoms with Crippen molar-refractivity contribution in [2.75, 3.05) is 12.3 Å². The molecule has 7 heteroatoms. The highest BCUT2D eigenvalue weighted by Gasteiger charge is 2.30. The molecule has 2 N–H and O–H groups in total. The lowest BCUT2D eigenvalue weighted by Crippen LogP contribution is -2.51. The van der Waals surface area contributed by atoms with E-state index in [9.17, 15) is 9.59 Å². The third kappa shape index (κ3) is 3.26. The number of fused-ring (bicyclic) bond motifs is 1. The maximum Gasteiger partial charge on any atom is 0.240 e. The molecule has 0 spiro atoms. The Kier molecular flexibility index (Phi) is 5.08. The summed E-state index contributed by atoms with van der Waals surface area (Å²) in [6, 6.07) is 7.49. The fraction of sp³-hybridized carbons (Fsp3) is 0.471. The maximum absolute atomic E-state index is 12.6. The summed E-state index contributed by atoms with van der Waals surface area (Å²) in [5, 5.41) is 0.833. The van der Waals surface area contributed by atoms with Crippen LogP contribution in [0.2, 0.25) is 0 Å². The molecule has 0 saturated carbocycles. The molecule has 1 aliphatic heterocycles. The van der Waals surface area contributed by atoms with E-state index in [0.717, 1.165) is 35.6 Å². The molecule has 1 aromatic carbocycles. The molecule has 1 fully saturated rings. The van der Waals surface area contributed by atoms with Crippen LogP contribution in [-0.2, 0) is 16.1 Å². The number of rotatable bonds is 5. The number of benzene rings is 1. The number of carbonyl (C=O) groups excluding carboxylic acids is 2. The summed E-state index contributed by atoms with van der Waals surface area (Å²) in [7, 11) is 0. The Labute approximate surface area is 145 Å². The zero-order chi connectivity index (χ0) is 17.1. The number of aryl methyl sites for hydroxylation is 1. The number of aromatic nitrogens is 2. The van der Waals surface area contributed by atoms with E-state index in [1.165, 1.54) is 11.8 Å². The second-order valence-electron chi connectivity index (χ2n) is 5.92. The number of nitrogens with two attached hydrogens (primary N) is 1. The van der Waals surface area contributed by atoms with E-state index in [1.807, 2.05) is 24.3 Å². The van der Waals surface area contributed by atoms with E-state index in [-0.39, 0.29) is 11.7 Å². The van der Waals surface area contributed by atoms with Crippen LogP contribution in [0.25, 0.3) is 11.0 Å². The molecule has 1 aromatic heterocycles. The molecule has 6 nitrogen and oxygen atoms in total. The van der Waals surface area contributed by atoms with Crippen LogP contribution in [0.4, 0.5) is 0 Å². The highest BCUT2D eigenvalue weighted by molar-refractivity contribution is 7.99. The Morgan fingerprint density at radius 3 is 2.88 bits per heavy atom. The molecule has 1 atom stereocenters. The molecule has 3 rings (SSSR count). The van der Waals surface area contributed by atoms with Crippen LogP contribution in [0, 0.1) is 0 Å². The molecule has 0 bridgehead atoms. The number of imidazole rings is 1. The van der Waals surface area contributed by atoms with Crippen molar-refractivity contribution in [2.45, 2.75) is 43.9 Å². The Balaban J connectivity index is 1.73. The van der Waals surface area contributed by atoms with Gasteiger partial charge in [0.25, 0.3) is 0 Å². The van der Waals surface area contributed by atoms with E-state index in [4.69, 9.17) is 5.73 Å². The fourth-order valence-electron chi connectivity index (χ4n) is 3.20. The van der Waals surface area contributed by atoms with Crippen molar-refractivity contribution >= 4 is 34.6 Å². The molecule has 128 valence electrons. The smallest absolute Gasteiger partial charge is 0.240 e. The molecule has 0 aliphatic carbocycles. The third-order valence-corrected chi connectivity index (χ3v) is 5.37. The number of primary amides is 1. The topological polar surface area (TPSA) is 81.2 Å². The van der Waals surface area contributed by atoms with E-state index in [0.29, 0.717) is 13.0 Å². The van der Waals surface area contributed by atoms with Gasteiger partial charge in [-0.15, -0.1) is 0 Å². The minimum atomic E-state index is -0.461. The van der Waals surface area contributed by atoms with Crippen LogP contribution < -0.4 is 5.73 Å². The Bertz CT molecular complexity index is 758. The van der Waals surface area contributed by atoms with E-state index < -0.39 is 11.9 Å². The summed E-state index contributed by atoms with van der Waals surface area (Å²) in [5.74, 6) is -0.181. The largest absolute Gasteiger partial charge is 0.368 e. The summed E-state index contributed by atoms with van der Waals surface area (Å²) in [6.07, 6.45) is 2.53. The summed E-state index contributed by atoms with van der Waals surface area (Å²) in [4.78, 5) is 30.4. The number of para-hydroxylation sites is 2. The van der Waals surface area contributed by atoms with Crippen LogP contribution in [-0.4, -0.2) is 44.6 Å². The van der Waals surface area contributed by atoms with Gasteiger partial charge in [-0.3, -0.25) is 9.59 Å². The number of thioether (sulfide) groups is 1. The number of hydrogen-bond acceptors (Lipinski definition) is 4. The van der Waals surface area contributed by atoms with E-state index >= 15 is 0 Å². The second kappa shape index (κ2) is 7.25. The first-order valence-electron chi connectivity index (χ1n) is 8.28. The zero-order valence-corrected chi connectivity index (χ0v) is 14.6. The Hall–Kier alpha value is -2.02. The van der Waals surface area contributed by atoms with Gasteiger partial charge in [0.2, 0.25) is 11.8 Å². The van der Waals surface area contributed by atoms with Gasteiger partial charge in [0.05, 0.1) is 16.8 Å². The first-order valence-corrected chi connectivity index (χ1v) is 9.27. The number of hydrogen-bond donors (Lipinski definition) is 1. The number of likely N-dealkylation sites (tertiary alicyclic amines) is 1. The minimum Gasteiger partial charge on any atom is -0.368 e. The van der Waals surface area contributed by atoms with Crippen molar-refractivity contribution in [3.63, 3.8) is 0 Å². The van der Waals surface area contributed by atoms with Gasteiger partial charge in [0, 0.05) is 13.1 Å². The summed E-state index contributed by atoms with van der Waals surface area (Å²) in [6.45, 7) is 3.47. The molecule has 1 unspecified atom stereocenters. The standard InChI is InChI=1S/C17H22N4O2S/c1-2-20-13-8-4-3-7-12(13)19-17(20)24-11-15(22)21-10-6-5-9-14(21)16(18)23/h3-4,7-8,14H,2,5-6,9-11H2,1H3,(H2,18,23). The average Bonchev–Trinajstić information content (AvgIpc) is 2.97. The van der Waals surface area contributed by atoms with Crippen LogP contribution in [0.5, 0.6) is 0 Å². The van der Waals surface area contributed by atoms with Crippen molar-refractivity contribution in [1.29, 1.82) is 0 Å². The lowest BCUT2D eigenvalue weighted by atomic mass is 10.0. The van der Waals surface area contributed by atoms with Crippen molar-refractivity contribution in [3.8, 4) is 0 Å². The van der Waals surface area contributed by atoms with Gasteiger partial charge in [-0.2, -0.15) is 0 Å². The molecule has 0 radical (unpaired) electrons. The number of amides is 2. The van der Waals surface area contributed by atoms with Crippen molar-refractivity contribution in [3.05, 3.63) is 24.3 Å². The Morgan fingerprint density at radius 2 is 2.12 bits per heavy atom. The first-order chi connectivity index (χ1) is 11.6. The number of nitrogens with zero attached hydrogens (tertiary/aromatic N) is 3. The highest BCUT2D eigenvalue weighted by atomic mass is 32.2. The summed E-state index contributed by atoms with van der Waals surface area (Å²) in [5.41, 5.74) is 7.45. The minimum absolute atomic E-state index is 0.0433. The van der Waals surface area contributed by atoms with Gasteiger partial charge in [-0.25, -0.2) is 4.98 Å². The quantitative estimate of drug-likeness (QED) is 0.840. The predicted molar refractivity (Wildman–Crippen MR) is 94.7 cm³/mol. The predicted octanol–water partition coefficient (Wildman–Crippen LogP) is 2.01. The molecular formula is C17H22N4O2S.